The van der Waals surface area contributed by atoms with E-state index < -0.39 is 18.6 Å². The van der Waals surface area contributed by atoms with E-state index >= 15 is 0 Å². The van der Waals surface area contributed by atoms with E-state index in [0.717, 1.165) is 11.1 Å². The summed E-state index contributed by atoms with van der Waals surface area (Å²) in [6, 6.07) is 15.9. The molecule has 0 bridgehead atoms. The number of hydrogen-bond donors (Lipinski definition) is 2. The summed E-state index contributed by atoms with van der Waals surface area (Å²) < 4.78 is 29.0. The summed E-state index contributed by atoms with van der Waals surface area (Å²) in [4.78, 5) is 1.76. The van der Waals surface area contributed by atoms with E-state index in [0.29, 0.717) is 31.7 Å². The van der Waals surface area contributed by atoms with Crippen molar-refractivity contribution in [1.82, 2.24) is 10.2 Å². The highest BCUT2D eigenvalue weighted by Gasteiger charge is 2.44. The van der Waals surface area contributed by atoms with Gasteiger partial charge in [-0.05, 0) is 22.8 Å². The fourth-order valence-corrected chi connectivity index (χ4v) is 3.27. The van der Waals surface area contributed by atoms with E-state index in [1.165, 1.54) is 0 Å². The SMILES string of the molecule is Cl.OCC(F)(F)[C@@H](c1cccc(-c2ccccc2)c1)N1CCNCC1. The Morgan fingerprint density at radius 3 is 2.28 bits per heavy atom. The van der Waals surface area contributed by atoms with Crippen molar-refractivity contribution in [3.8, 4) is 11.1 Å². The van der Waals surface area contributed by atoms with Gasteiger partial charge in [0.1, 0.15) is 12.6 Å². The van der Waals surface area contributed by atoms with Crippen molar-refractivity contribution in [2.75, 3.05) is 32.8 Å². The first-order valence-electron chi connectivity index (χ1n) is 8.20. The Morgan fingerprint density at radius 2 is 1.64 bits per heavy atom. The Morgan fingerprint density at radius 1 is 1.00 bits per heavy atom. The average Bonchev–Trinajstić information content (AvgIpc) is 2.64. The molecule has 0 amide bonds. The third-order valence-corrected chi connectivity index (χ3v) is 4.44. The van der Waals surface area contributed by atoms with Gasteiger partial charge in [0.15, 0.2) is 0 Å². The van der Waals surface area contributed by atoms with Crippen LogP contribution in [0, 0.1) is 0 Å². The number of alkyl halides is 2. The molecule has 0 unspecified atom stereocenters. The molecule has 3 rings (SSSR count). The maximum atomic E-state index is 14.5. The zero-order chi connectivity index (χ0) is 17.0. The van der Waals surface area contributed by atoms with Crippen LogP contribution in [0.25, 0.3) is 11.1 Å². The number of nitrogens with one attached hydrogen (secondary N) is 1. The van der Waals surface area contributed by atoms with Gasteiger partial charge in [-0.1, -0.05) is 48.5 Å². The standard InChI is InChI=1S/C19H22F2N2O.ClH/c20-19(21,14-24)18(23-11-9-22-10-12-23)17-8-4-7-16(13-17)15-5-2-1-3-6-15;/h1-8,13,18,22,24H,9-12,14H2;1H/t18-;/m1./s1. The molecule has 0 aromatic heterocycles. The summed E-state index contributed by atoms with van der Waals surface area (Å²) in [5.74, 6) is -3.19. The Balaban J connectivity index is 0.00000225. The smallest absolute Gasteiger partial charge is 0.289 e. The van der Waals surface area contributed by atoms with Crippen LogP contribution >= 0.6 is 12.4 Å². The molecule has 1 heterocycles. The van der Waals surface area contributed by atoms with Crippen molar-refractivity contribution < 1.29 is 13.9 Å². The minimum atomic E-state index is -3.19. The highest BCUT2D eigenvalue weighted by molar-refractivity contribution is 5.85. The Hall–Kier alpha value is -1.53. The molecule has 0 radical (unpaired) electrons. The topological polar surface area (TPSA) is 35.5 Å². The monoisotopic (exact) mass is 368 g/mol. The molecule has 1 aliphatic heterocycles. The largest absolute Gasteiger partial charge is 0.390 e. The zero-order valence-corrected chi connectivity index (χ0v) is 14.7. The number of piperazine rings is 1. The molecule has 1 saturated heterocycles. The maximum Gasteiger partial charge on any atom is 0.289 e. The first-order valence-corrected chi connectivity index (χ1v) is 8.20. The molecule has 1 atom stereocenters. The van der Waals surface area contributed by atoms with Gasteiger partial charge in [0.2, 0.25) is 0 Å². The number of aliphatic hydroxyl groups is 1. The number of aliphatic hydroxyl groups excluding tert-OH is 1. The minimum Gasteiger partial charge on any atom is -0.390 e. The van der Waals surface area contributed by atoms with Crippen molar-refractivity contribution in [3.63, 3.8) is 0 Å². The van der Waals surface area contributed by atoms with Crippen molar-refractivity contribution >= 4 is 12.4 Å². The summed E-state index contributed by atoms with van der Waals surface area (Å²) in [5, 5.41) is 12.4. The van der Waals surface area contributed by atoms with Gasteiger partial charge >= 0.3 is 0 Å². The van der Waals surface area contributed by atoms with E-state index in [4.69, 9.17) is 0 Å². The van der Waals surface area contributed by atoms with Crippen LogP contribution in [-0.2, 0) is 0 Å². The number of halogens is 3. The van der Waals surface area contributed by atoms with E-state index in [-0.39, 0.29) is 12.4 Å². The number of hydrogen-bond acceptors (Lipinski definition) is 3. The molecule has 6 heteroatoms. The lowest BCUT2D eigenvalue weighted by atomic mass is 9.94. The number of rotatable bonds is 5. The van der Waals surface area contributed by atoms with Gasteiger partial charge in [-0.3, -0.25) is 4.90 Å². The second-order valence-corrected chi connectivity index (χ2v) is 6.10. The molecule has 1 aliphatic rings. The van der Waals surface area contributed by atoms with E-state index in [1.54, 1.807) is 17.0 Å². The van der Waals surface area contributed by atoms with Gasteiger partial charge < -0.3 is 10.4 Å². The van der Waals surface area contributed by atoms with E-state index in [1.807, 2.05) is 42.5 Å². The molecule has 2 aromatic carbocycles. The Kier molecular flexibility index (Phi) is 6.90. The van der Waals surface area contributed by atoms with Crippen LogP contribution in [0.1, 0.15) is 11.6 Å². The van der Waals surface area contributed by atoms with Crippen LogP contribution in [0.3, 0.4) is 0 Å². The van der Waals surface area contributed by atoms with Crippen molar-refractivity contribution in [3.05, 3.63) is 60.2 Å². The molecule has 136 valence electrons. The van der Waals surface area contributed by atoms with Gasteiger partial charge in [0.25, 0.3) is 5.92 Å². The molecule has 0 aliphatic carbocycles. The number of benzene rings is 2. The molecular weight excluding hydrogens is 346 g/mol. The Labute approximate surface area is 153 Å². The summed E-state index contributed by atoms with van der Waals surface area (Å²) in [7, 11) is 0. The lowest BCUT2D eigenvalue weighted by Gasteiger charge is -2.38. The van der Waals surface area contributed by atoms with Crippen LogP contribution in [0.2, 0.25) is 0 Å². The molecule has 0 spiro atoms. The molecular formula is C19H23ClF2N2O. The Bertz CT molecular complexity index is 663. The van der Waals surface area contributed by atoms with E-state index in [9.17, 15) is 13.9 Å². The zero-order valence-electron chi connectivity index (χ0n) is 13.9. The van der Waals surface area contributed by atoms with Crippen molar-refractivity contribution in [2.24, 2.45) is 0 Å². The summed E-state index contributed by atoms with van der Waals surface area (Å²) in [6.45, 7) is 1.27. The maximum absolute atomic E-state index is 14.5. The first kappa shape index (κ1) is 19.8. The fraction of sp³-hybridized carbons (Fsp3) is 0.368. The highest BCUT2D eigenvalue weighted by atomic mass is 35.5. The predicted molar refractivity (Wildman–Crippen MR) is 98.3 cm³/mol. The summed E-state index contributed by atoms with van der Waals surface area (Å²) >= 11 is 0. The van der Waals surface area contributed by atoms with Gasteiger partial charge in [-0.2, -0.15) is 0 Å². The summed E-state index contributed by atoms with van der Waals surface area (Å²) in [5.41, 5.74) is 2.44. The molecule has 1 fully saturated rings. The second-order valence-electron chi connectivity index (χ2n) is 6.10. The van der Waals surface area contributed by atoms with Crippen molar-refractivity contribution in [2.45, 2.75) is 12.0 Å². The lowest BCUT2D eigenvalue weighted by Crippen LogP contribution is -2.51. The van der Waals surface area contributed by atoms with Crippen LogP contribution < -0.4 is 5.32 Å². The molecule has 25 heavy (non-hydrogen) atoms. The average molecular weight is 369 g/mol. The van der Waals surface area contributed by atoms with Gasteiger partial charge in [0.05, 0.1) is 0 Å². The quantitative estimate of drug-likeness (QED) is 0.849. The highest BCUT2D eigenvalue weighted by Crippen LogP contribution is 2.37. The van der Waals surface area contributed by atoms with Crippen LogP contribution in [0.4, 0.5) is 8.78 Å². The first-order chi connectivity index (χ1) is 11.6. The lowest BCUT2D eigenvalue weighted by molar-refractivity contribution is -0.118. The normalized spacial score (nSPS) is 16.9. The van der Waals surface area contributed by atoms with Crippen molar-refractivity contribution in [1.29, 1.82) is 0 Å². The van der Waals surface area contributed by atoms with Crippen LogP contribution in [0.15, 0.2) is 54.6 Å². The van der Waals surface area contributed by atoms with Crippen LogP contribution in [0.5, 0.6) is 0 Å². The predicted octanol–water partition coefficient (Wildman–Crippen LogP) is 3.35. The molecule has 2 aromatic rings. The second kappa shape index (κ2) is 8.72. The van der Waals surface area contributed by atoms with Gasteiger partial charge in [-0.25, -0.2) is 8.78 Å². The van der Waals surface area contributed by atoms with Gasteiger partial charge in [-0.15, -0.1) is 12.4 Å². The third-order valence-electron chi connectivity index (χ3n) is 4.44. The number of nitrogens with zero attached hydrogens (tertiary/aromatic N) is 1. The fourth-order valence-electron chi connectivity index (χ4n) is 3.27. The molecule has 3 nitrogen and oxygen atoms in total. The molecule has 0 saturated carbocycles. The van der Waals surface area contributed by atoms with Gasteiger partial charge in [0, 0.05) is 26.2 Å². The van der Waals surface area contributed by atoms with E-state index in [2.05, 4.69) is 5.32 Å². The molecule has 2 N–H and O–H groups in total. The third kappa shape index (κ3) is 4.55. The summed E-state index contributed by atoms with van der Waals surface area (Å²) in [6.07, 6.45) is 0. The van der Waals surface area contributed by atoms with Crippen LogP contribution in [-0.4, -0.2) is 48.7 Å². The minimum absolute atomic E-state index is 0.